The van der Waals surface area contributed by atoms with Crippen molar-refractivity contribution in [2.24, 2.45) is 0 Å². The molecule has 1 aromatic carbocycles. The first-order valence-corrected chi connectivity index (χ1v) is 6.14. The summed E-state index contributed by atoms with van der Waals surface area (Å²) >= 11 is 0. The largest absolute Gasteiger partial charge is 0.377 e. The number of nitrogens with zero attached hydrogens (tertiary/aromatic N) is 3. The number of hydrogen-bond donors (Lipinski definition) is 0. The molecule has 1 aliphatic rings. The zero-order valence-electron chi connectivity index (χ0n) is 10.6. The van der Waals surface area contributed by atoms with E-state index in [1.54, 1.807) is 0 Å². The molecule has 1 aromatic heterocycles. The molecule has 1 fully saturated rings. The van der Waals surface area contributed by atoms with Crippen LogP contribution in [0, 0.1) is 18.3 Å². The van der Waals surface area contributed by atoms with Gasteiger partial charge in [-0.1, -0.05) is 30.3 Å². The molecular weight excluding hydrogens is 238 g/mol. The van der Waals surface area contributed by atoms with Gasteiger partial charge >= 0.3 is 0 Å². The van der Waals surface area contributed by atoms with E-state index in [-0.39, 0.29) is 0 Å². The number of aryl methyl sites for hydroxylation is 1. The zero-order valence-corrected chi connectivity index (χ0v) is 10.6. The van der Waals surface area contributed by atoms with E-state index in [0.717, 1.165) is 17.0 Å². The third kappa shape index (κ3) is 1.98. The summed E-state index contributed by atoms with van der Waals surface area (Å²) in [4.78, 5) is 8.97. The van der Waals surface area contributed by atoms with E-state index in [1.165, 1.54) is 0 Å². The van der Waals surface area contributed by atoms with Crippen LogP contribution in [0.1, 0.15) is 11.5 Å². The average molecular weight is 251 g/mol. The molecule has 2 heterocycles. The number of aromatic nitrogens is 2. The van der Waals surface area contributed by atoms with Gasteiger partial charge in [0.1, 0.15) is 0 Å². The molecule has 0 bridgehead atoms. The van der Waals surface area contributed by atoms with E-state index < -0.39 is 5.41 Å². The smallest absolute Gasteiger partial charge is 0.163 e. The monoisotopic (exact) mass is 251 g/mol. The summed E-state index contributed by atoms with van der Waals surface area (Å²) in [6.45, 7) is 2.67. The normalized spacial score (nSPS) is 16.4. The fraction of sp³-hybridized carbons (Fsp3) is 0.267. The van der Waals surface area contributed by atoms with Crippen molar-refractivity contribution < 1.29 is 4.74 Å². The Morgan fingerprint density at radius 3 is 2.53 bits per heavy atom. The van der Waals surface area contributed by atoms with E-state index in [2.05, 4.69) is 16.0 Å². The second kappa shape index (κ2) is 4.45. The fourth-order valence-electron chi connectivity index (χ4n) is 2.09. The lowest BCUT2D eigenvalue weighted by molar-refractivity contribution is -0.0339. The van der Waals surface area contributed by atoms with Gasteiger partial charge in [0.05, 0.1) is 25.0 Å². The van der Waals surface area contributed by atoms with Gasteiger partial charge in [-0.3, -0.25) is 0 Å². The molecule has 0 unspecified atom stereocenters. The first kappa shape index (κ1) is 11.8. The Morgan fingerprint density at radius 2 is 1.95 bits per heavy atom. The zero-order chi connectivity index (χ0) is 13.3. The van der Waals surface area contributed by atoms with Gasteiger partial charge in [-0.15, -0.1) is 0 Å². The molecule has 1 aliphatic heterocycles. The molecule has 0 N–H and O–H groups in total. The summed E-state index contributed by atoms with van der Waals surface area (Å²) in [7, 11) is 0. The van der Waals surface area contributed by atoms with Gasteiger partial charge in [-0.25, -0.2) is 9.97 Å². The quantitative estimate of drug-likeness (QED) is 0.821. The SMILES string of the molecule is Cc1cc(-c2ccccc2)nc(C2(C#N)COC2)n1. The van der Waals surface area contributed by atoms with Crippen molar-refractivity contribution in [2.45, 2.75) is 12.3 Å². The highest BCUT2D eigenvalue weighted by atomic mass is 16.5. The molecule has 0 amide bonds. The van der Waals surface area contributed by atoms with Crippen molar-refractivity contribution in [1.82, 2.24) is 9.97 Å². The standard InChI is InChI=1S/C15H13N3O/c1-11-7-13(12-5-3-2-4-6-12)18-14(17-11)15(8-16)9-19-10-15/h2-7H,9-10H2,1H3. The first-order chi connectivity index (χ1) is 9.23. The molecule has 3 rings (SSSR count). The minimum absolute atomic E-state index is 0.376. The molecule has 0 saturated carbocycles. The average Bonchev–Trinajstić information content (AvgIpc) is 2.39. The number of nitriles is 1. The minimum atomic E-state index is -0.671. The van der Waals surface area contributed by atoms with Crippen LogP contribution in [0.15, 0.2) is 36.4 Å². The molecule has 0 atom stereocenters. The molecule has 0 radical (unpaired) electrons. The Hall–Kier alpha value is -2.25. The number of hydrogen-bond acceptors (Lipinski definition) is 4. The van der Waals surface area contributed by atoms with Crippen LogP contribution in [0.2, 0.25) is 0 Å². The summed E-state index contributed by atoms with van der Waals surface area (Å²) < 4.78 is 5.17. The first-order valence-electron chi connectivity index (χ1n) is 6.14. The molecule has 4 nitrogen and oxygen atoms in total. The van der Waals surface area contributed by atoms with Crippen LogP contribution in [0.25, 0.3) is 11.3 Å². The van der Waals surface area contributed by atoms with Crippen molar-refractivity contribution >= 4 is 0 Å². The maximum absolute atomic E-state index is 9.33. The van der Waals surface area contributed by atoms with Crippen LogP contribution < -0.4 is 0 Å². The minimum Gasteiger partial charge on any atom is -0.377 e. The number of ether oxygens (including phenoxy) is 1. The van der Waals surface area contributed by atoms with E-state index in [1.807, 2.05) is 43.3 Å². The van der Waals surface area contributed by atoms with Crippen molar-refractivity contribution in [3.05, 3.63) is 47.9 Å². The van der Waals surface area contributed by atoms with Crippen LogP contribution >= 0.6 is 0 Å². The Labute approximate surface area is 111 Å². The lowest BCUT2D eigenvalue weighted by atomic mass is 9.86. The fourth-order valence-corrected chi connectivity index (χ4v) is 2.09. The molecule has 2 aromatic rings. The van der Waals surface area contributed by atoms with Crippen molar-refractivity contribution in [1.29, 1.82) is 5.26 Å². The summed E-state index contributed by atoms with van der Waals surface area (Å²) in [5, 5.41) is 9.33. The summed E-state index contributed by atoms with van der Waals surface area (Å²) in [5.74, 6) is 0.570. The highest BCUT2D eigenvalue weighted by molar-refractivity contribution is 5.59. The lowest BCUT2D eigenvalue weighted by Crippen LogP contribution is -2.47. The predicted molar refractivity (Wildman–Crippen MR) is 70.3 cm³/mol. The van der Waals surface area contributed by atoms with E-state index in [4.69, 9.17) is 4.74 Å². The van der Waals surface area contributed by atoms with Gasteiger partial charge in [0.2, 0.25) is 0 Å². The Morgan fingerprint density at radius 1 is 1.21 bits per heavy atom. The lowest BCUT2D eigenvalue weighted by Gasteiger charge is -2.33. The van der Waals surface area contributed by atoms with E-state index in [0.29, 0.717) is 19.0 Å². The Balaban J connectivity index is 2.09. The Bertz CT molecular complexity index is 642. The molecule has 19 heavy (non-hydrogen) atoms. The maximum Gasteiger partial charge on any atom is 0.163 e. The van der Waals surface area contributed by atoms with Crippen LogP contribution in [0.4, 0.5) is 0 Å². The van der Waals surface area contributed by atoms with Gasteiger partial charge in [-0.2, -0.15) is 5.26 Å². The van der Waals surface area contributed by atoms with E-state index in [9.17, 15) is 5.26 Å². The summed E-state index contributed by atoms with van der Waals surface area (Å²) in [6, 6.07) is 14.1. The Kier molecular flexibility index (Phi) is 2.77. The van der Waals surface area contributed by atoms with Crippen LogP contribution in [0.5, 0.6) is 0 Å². The van der Waals surface area contributed by atoms with Crippen LogP contribution in [-0.4, -0.2) is 23.2 Å². The van der Waals surface area contributed by atoms with Gasteiger partial charge in [0.25, 0.3) is 0 Å². The van der Waals surface area contributed by atoms with Gasteiger partial charge in [-0.05, 0) is 13.0 Å². The molecule has 0 aliphatic carbocycles. The van der Waals surface area contributed by atoms with Gasteiger partial charge < -0.3 is 4.74 Å². The second-order valence-electron chi connectivity index (χ2n) is 4.77. The second-order valence-corrected chi connectivity index (χ2v) is 4.77. The predicted octanol–water partition coefficient (Wildman–Crippen LogP) is 2.24. The van der Waals surface area contributed by atoms with Gasteiger partial charge in [0, 0.05) is 11.3 Å². The molecule has 1 saturated heterocycles. The highest BCUT2D eigenvalue weighted by Crippen LogP contribution is 2.30. The van der Waals surface area contributed by atoms with Gasteiger partial charge in [0.15, 0.2) is 11.2 Å². The maximum atomic E-state index is 9.33. The van der Waals surface area contributed by atoms with Crippen LogP contribution in [0.3, 0.4) is 0 Å². The molecule has 0 spiro atoms. The number of benzene rings is 1. The summed E-state index contributed by atoms with van der Waals surface area (Å²) in [5.41, 5.74) is 2.08. The van der Waals surface area contributed by atoms with E-state index >= 15 is 0 Å². The topological polar surface area (TPSA) is 58.8 Å². The number of rotatable bonds is 2. The third-order valence-electron chi connectivity index (χ3n) is 3.26. The van der Waals surface area contributed by atoms with Crippen molar-refractivity contribution in [3.8, 4) is 17.3 Å². The van der Waals surface area contributed by atoms with Crippen molar-refractivity contribution in [3.63, 3.8) is 0 Å². The molecule has 94 valence electrons. The third-order valence-corrected chi connectivity index (χ3v) is 3.26. The van der Waals surface area contributed by atoms with Crippen molar-refractivity contribution in [2.75, 3.05) is 13.2 Å². The molecular formula is C15H13N3O. The highest BCUT2D eigenvalue weighted by Gasteiger charge is 2.44. The van der Waals surface area contributed by atoms with Crippen LogP contribution in [-0.2, 0) is 10.2 Å². The summed E-state index contributed by atoms with van der Waals surface area (Å²) in [6.07, 6.45) is 0. The molecule has 4 heteroatoms.